The lowest BCUT2D eigenvalue weighted by Gasteiger charge is -2.34. The van der Waals surface area contributed by atoms with Gasteiger partial charge in [0.2, 0.25) is 17.7 Å². The first-order chi connectivity index (χ1) is 29.9. The molecular formula is C48H64N4O9S2. The number of amides is 3. The van der Waals surface area contributed by atoms with Gasteiger partial charge in [-0.1, -0.05) is 30.6 Å². The largest absolute Gasteiger partial charge is 0.465 e. The lowest BCUT2D eigenvalue weighted by atomic mass is 9.82. The van der Waals surface area contributed by atoms with Gasteiger partial charge in [0.15, 0.2) is 0 Å². The van der Waals surface area contributed by atoms with Crippen molar-refractivity contribution in [1.29, 1.82) is 0 Å². The summed E-state index contributed by atoms with van der Waals surface area (Å²) in [6.45, 7) is 18.2. The standard InChI is InChI=1S/C28H38N2O5S.C20H26N2O4S/c1-18-6-8-19(9-7-18)25(31)30(22-11-14-29(26(22)32)20-12-15-35-17-20)23-16-21(10-13-28(2,3)4)36-24(23)27(33)34-5;1-20(2,3)8-5-14-11-16(17(27-14)19(24)25-4)21-15-6-9-22(18(15)23)13-7-10-26-12-13/h16,18-20,22H,6-9,11-12,14-15,17H2,1-5H3;11,13,15,21H,6-7,9-10,12H2,1-4H3/t18?,19?,20-,22-;13-,15-/m00/s1. The summed E-state index contributed by atoms with van der Waals surface area (Å²) < 4.78 is 20.9. The number of hydrogen-bond acceptors (Lipinski definition) is 12. The number of esters is 2. The lowest BCUT2D eigenvalue weighted by molar-refractivity contribution is -0.133. The van der Waals surface area contributed by atoms with Crippen LogP contribution < -0.4 is 10.2 Å². The maximum atomic E-state index is 14.1. The van der Waals surface area contributed by atoms with Crippen molar-refractivity contribution in [3.05, 3.63) is 31.6 Å². The molecule has 15 heteroatoms. The van der Waals surface area contributed by atoms with Gasteiger partial charge in [-0.3, -0.25) is 19.3 Å². The summed E-state index contributed by atoms with van der Waals surface area (Å²) in [6, 6.07) is 2.87. The monoisotopic (exact) mass is 904 g/mol. The minimum absolute atomic E-state index is 0.0470. The van der Waals surface area contributed by atoms with Crippen molar-refractivity contribution < 1.29 is 42.9 Å². The van der Waals surface area contributed by atoms with Crippen molar-refractivity contribution >= 4 is 63.7 Å². The van der Waals surface area contributed by atoms with Crippen LogP contribution in [-0.2, 0) is 33.3 Å². The molecule has 2 aromatic rings. The van der Waals surface area contributed by atoms with E-state index in [1.54, 1.807) is 11.0 Å². The van der Waals surface area contributed by atoms with Gasteiger partial charge in [-0.15, -0.1) is 22.7 Å². The van der Waals surface area contributed by atoms with Crippen LogP contribution in [0.15, 0.2) is 12.1 Å². The molecule has 7 rings (SSSR count). The number of anilines is 2. The second-order valence-electron chi connectivity index (χ2n) is 19.2. The van der Waals surface area contributed by atoms with Crippen LogP contribution in [0.25, 0.3) is 0 Å². The minimum Gasteiger partial charge on any atom is -0.465 e. The fourth-order valence-corrected chi connectivity index (χ4v) is 10.3. The van der Waals surface area contributed by atoms with Crippen LogP contribution in [0.4, 0.5) is 11.4 Å². The SMILES string of the molecule is COC(=O)c1sc(C#CC(C)(C)C)cc1N(C(=O)C1CCC(C)CC1)[C@H]1CCN([C@H]2CCOC2)C1=O.COC(=O)c1sc(C#CC(C)(C)C)cc1N[C@H]1CCN([C@H]2CCOC2)C1=O. The molecule has 1 aliphatic carbocycles. The van der Waals surface area contributed by atoms with E-state index < -0.39 is 18.0 Å². The second kappa shape index (κ2) is 20.6. The van der Waals surface area contributed by atoms with Crippen molar-refractivity contribution in [2.75, 3.05) is 64.0 Å². The number of ether oxygens (including phenoxy) is 4. The number of carbonyl (C=O) groups is 5. The lowest BCUT2D eigenvalue weighted by Crippen LogP contribution is -2.50. The predicted molar refractivity (Wildman–Crippen MR) is 245 cm³/mol. The Morgan fingerprint density at radius 1 is 0.730 bits per heavy atom. The summed E-state index contributed by atoms with van der Waals surface area (Å²) in [6.07, 6.45) is 6.51. The molecule has 2 aromatic heterocycles. The fraction of sp³-hybridized carbons (Fsp3) is 0.646. The third kappa shape index (κ3) is 12.0. The second-order valence-corrected chi connectivity index (χ2v) is 21.3. The van der Waals surface area contributed by atoms with E-state index in [1.807, 2.05) is 57.4 Å². The number of nitrogens with zero attached hydrogens (tertiary/aromatic N) is 3. The fourth-order valence-electron chi connectivity index (χ4n) is 8.52. The van der Waals surface area contributed by atoms with Crippen LogP contribution in [0.5, 0.6) is 0 Å². The Morgan fingerprint density at radius 3 is 1.79 bits per heavy atom. The average Bonchev–Trinajstić information content (AvgIpc) is 4.11. The Morgan fingerprint density at radius 2 is 1.25 bits per heavy atom. The van der Waals surface area contributed by atoms with E-state index in [2.05, 4.69) is 35.9 Å². The Bertz CT molecular complexity index is 2120. The van der Waals surface area contributed by atoms with Crippen molar-refractivity contribution in [2.45, 2.75) is 124 Å². The number of methoxy groups -OCH3 is 2. The maximum Gasteiger partial charge on any atom is 0.350 e. The average molecular weight is 905 g/mol. The van der Waals surface area contributed by atoms with Crippen LogP contribution in [0.3, 0.4) is 0 Å². The van der Waals surface area contributed by atoms with E-state index >= 15 is 0 Å². The summed E-state index contributed by atoms with van der Waals surface area (Å²) in [4.78, 5) is 73.2. The molecule has 13 nitrogen and oxygen atoms in total. The first-order valence-electron chi connectivity index (χ1n) is 22.2. The highest BCUT2D eigenvalue weighted by Crippen LogP contribution is 2.39. The molecule has 0 unspecified atom stereocenters. The van der Waals surface area contributed by atoms with Gasteiger partial charge in [0.1, 0.15) is 21.8 Å². The number of carbonyl (C=O) groups excluding carboxylic acids is 5. The van der Waals surface area contributed by atoms with Crippen molar-refractivity contribution in [3.8, 4) is 23.7 Å². The molecule has 4 aliphatic heterocycles. The van der Waals surface area contributed by atoms with Gasteiger partial charge in [-0.25, -0.2) is 9.59 Å². The highest BCUT2D eigenvalue weighted by Gasteiger charge is 2.45. The minimum atomic E-state index is -0.640. The van der Waals surface area contributed by atoms with E-state index in [9.17, 15) is 24.0 Å². The van der Waals surface area contributed by atoms with Crippen molar-refractivity contribution in [3.63, 3.8) is 0 Å². The molecule has 0 spiro atoms. The quantitative estimate of drug-likeness (QED) is 0.203. The number of likely N-dealkylation sites (tertiary alicyclic amines) is 2. The smallest absolute Gasteiger partial charge is 0.350 e. The van der Waals surface area contributed by atoms with Gasteiger partial charge in [0.05, 0.1) is 60.6 Å². The zero-order chi connectivity index (χ0) is 45.6. The number of nitrogens with one attached hydrogen (secondary N) is 1. The zero-order valence-electron chi connectivity index (χ0n) is 38.4. The molecule has 0 radical (unpaired) electrons. The van der Waals surface area contributed by atoms with Crippen LogP contribution in [0.2, 0.25) is 0 Å². The summed E-state index contributed by atoms with van der Waals surface area (Å²) in [5.41, 5.74) is 0.730. The van der Waals surface area contributed by atoms with Gasteiger partial charge in [-0.2, -0.15) is 0 Å². The Kier molecular flexibility index (Phi) is 15.7. The zero-order valence-corrected chi connectivity index (χ0v) is 40.0. The third-order valence-electron chi connectivity index (χ3n) is 12.0. The molecule has 0 aromatic carbocycles. The highest BCUT2D eigenvalue weighted by atomic mass is 32.1. The van der Waals surface area contributed by atoms with Gasteiger partial charge >= 0.3 is 11.9 Å². The number of hydrogen-bond donors (Lipinski definition) is 1. The van der Waals surface area contributed by atoms with Gasteiger partial charge in [0, 0.05) is 43.1 Å². The first kappa shape index (κ1) is 48.1. The van der Waals surface area contributed by atoms with E-state index in [4.69, 9.17) is 18.9 Å². The molecule has 5 fully saturated rings. The Labute approximate surface area is 380 Å². The summed E-state index contributed by atoms with van der Waals surface area (Å²) in [5.74, 6) is 12.1. The Balaban J connectivity index is 0.000000219. The molecule has 5 aliphatic rings. The van der Waals surface area contributed by atoms with E-state index in [-0.39, 0.29) is 52.6 Å². The van der Waals surface area contributed by atoms with E-state index in [0.717, 1.165) is 43.4 Å². The first-order valence-corrected chi connectivity index (χ1v) is 23.9. The molecule has 1 N–H and O–H groups in total. The van der Waals surface area contributed by atoms with E-state index in [1.165, 1.54) is 36.9 Å². The molecular weight excluding hydrogens is 841 g/mol. The number of thiophene rings is 2. The molecule has 4 atom stereocenters. The van der Waals surface area contributed by atoms with E-state index in [0.29, 0.717) is 84.3 Å². The third-order valence-corrected chi connectivity index (χ3v) is 14.0. The predicted octanol–water partition coefficient (Wildman–Crippen LogP) is 7.22. The van der Waals surface area contributed by atoms with Gasteiger partial charge < -0.3 is 34.1 Å². The Hall–Kier alpha value is -4.41. The van der Waals surface area contributed by atoms with Gasteiger partial charge in [0.25, 0.3) is 0 Å². The molecule has 342 valence electrons. The van der Waals surface area contributed by atoms with Crippen molar-refractivity contribution in [2.24, 2.45) is 22.7 Å². The van der Waals surface area contributed by atoms with Gasteiger partial charge in [-0.05, 0) is 111 Å². The van der Waals surface area contributed by atoms with Crippen LogP contribution >= 0.6 is 22.7 Å². The highest BCUT2D eigenvalue weighted by molar-refractivity contribution is 7.15. The number of rotatable bonds is 9. The topological polar surface area (TPSA) is 144 Å². The summed E-state index contributed by atoms with van der Waals surface area (Å²) >= 11 is 2.51. The summed E-state index contributed by atoms with van der Waals surface area (Å²) in [7, 11) is 2.69. The normalized spacial score (nSPS) is 24.8. The summed E-state index contributed by atoms with van der Waals surface area (Å²) in [5, 5.41) is 3.26. The van der Waals surface area contributed by atoms with Crippen LogP contribution in [0.1, 0.15) is 129 Å². The molecule has 4 saturated heterocycles. The van der Waals surface area contributed by atoms with Crippen LogP contribution in [0, 0.1) is 46.3 Å². The van der Waals surface area contributed by atoms with Crippen molar-refractivity contribution in [1.82, 2.24) is 9.80 Å². The molecule has 63 heavy (non-hydrogen) atoms. The van der Waals surface area contributed by atoms with Crippen LogP contribution in [-0.4, -0.2) is 117 Å². The molecule has 6 heterocycles. The molecule has 1 saturated carbocycles. The molecule has 3 amide bonds. The molecule has 0 bridgehead atoms. The maximum absolute atomic E-state index is 14.1.